The summed E-state index contributed by atoms with van der Waals surface area (Å²) in [5.74, 6) is 1.53. The Morgan fingerprint density at radius 2 is 2.29 bits per heavy atom. The number of likely N-dealkylation sites (tertiary alicyclic amines) is 1. The third kappa shape index (κ3) is 1.19. The van der Waals surface area contributed by atoms with Gasteiger partial charge in [0.2, 0.25) is 6.41 Å². The summed E-state index contributed by atoms with van der Waals surface area (Å²) in [4.78, 5) is 25.8. The molecule has 1 saturated carbocycles. The van der Waals surface area contributed by atoms with Crippen molar-refractivity contribution < 1.29 is 14.3 Å². The monoisotopic (exact) mass is 283 g/mol. The number of Topliss-reactive ketones (excluding diaryl/α,β-unsaturated/α-hetero) is 1. The standard InChI is InChI=1S/C17H17NO3/c19-9-18-7-6-17-11-4-5-13(20)16(17)21-14-3-1-2-10(15(14)17)8-12(11)18/h1-3,9,11-12,16H,4-8H2. The molecule has 4 heteroatoms. The number of amides is 1. The first kappa shape index (κ1) is 11.8. The van der Waals surface area contributed by atoms with E-state index in [0.717, 1.165) is 38.0 Å². The van der Waals surface area contributed by atoms with Gasteiger partial charge in [-0.05, 0) is 36.8 Å². The van der Waals surface area contributed by atoms with Crippen LogP contribution in [0, 0.1) is 5.92 Å². The number of benzene rings is 1. The van der Waals surface area contributed by atoms with Crippen molar-refractivity contribution in [1.82, 2.24) is 4.90 Å². The van der Waals surface area contributed by atoms with E-state index in [-0.39, 0.29) is 23.3 Å². The highest BCUT2D eigenvalue weighted by atomic mass is 16.5. The molecule has 5 rings (SSSR count). The lowest BCUT2D eigenvalue weighted by molar-refractivity contribution is -0.141. The van der Waals surface area contributed by atoms with Crippen LogP contribution < -0.4 is 4.74 Å². The van der Waals surface area contributed by atoms with E-state index in [9.17, 15) is 9.59 Å². The predicted molar refractivity (Wildman–Crippen MR) is 75.1 cm³/mol. The molecular weight excluding hydrogens is 266 g/mol. The summed E-state index contributed by atoms with van der Waals surface area (Å²) in [6.45, 7) is 0.742. The Labute approximate surface area is 123 Å². The second-order valence-electron chi connectivity index (χ2n) is 6.80. The number of carbonyl (C=O) groups is 2. The van der Waals surface area contributed by atoms with Crippen molar-refractivity contribution in [2.75, 3.05) is 6.54 Å². The minimum absolute atomic E-state index is 0.163. The van der Waals surface area contributed by atoms with Gasteiger partial charge in [-0.1, -0.05) is 12.1 Å². The molecule has 1 aromatic rings. The molecule has 0 N–H and O–H groups in total. The van der Waals surface area contributed by atoms with Crippen molar-refractivity contribution in [2.45, 2.75) is 43.2 Å². The highest BCUT2D eigenvalue weighted by Gasteiger charge is 2.65. The molecule has 4 atom stereocenters. The topological polar surface area (TPSA) is 46.6 Å². The van der Waals surface area contributed by atoms with Crippen LogP contribution in [0.15, 0.2) is 18.2 Å². The van der Waals surface area contributed by atoms with Crippen molar-refractivity contribution in [3.8, 4) is 5.75 Å². The number of ether oxygens (including phenoxy) is 1. The van der Waals surface area contributed by atoms with Crippen molar-refractivity contribution in [1.29, 1.82) is 0 Å². The Kier molecular flexibility index (Phi) is 2.06. The molecule has 0 radical (unpaired) electrons. The van der Waals surface area contributed by atoms with E-state index in [4.69, 9.17) is 4.74 Å². The van der Waals surface area contributed by atoms with E-state index in [0.29, 0.717) is 12.3 Å². The van der Waals surface area contributed by atoms with Gasteiger partial charge < -0.3 is 9.64 Å². The van der Waals surface area contributed by atoms with Gasteiger partial charge in [-0.3, -0.25) is 9.59 Å². The maximum Gasteiger partial charge on any atom is 0.209 e. The molecule has 2 aliphatic carbocycles. The number of nitrogens with zero attached hydrogens (tertiary/aromatic N) is 1. The van der Waals surface area contributed by atoms with E-state index in [1.54, 1.807) is 0 Å². The highest BCUT2D eigenvalue weighted by Crippen LogP contribution is 2.61. The third-order valence-corrected chi connectivity index (χ3v) is 6.19. The molecule has 1 spiro atoms. The average molecular weight is 283 g/mol. The van der Waals surface area contributed by atoms with Gasteiger partial charge in [0.25, 0.3) is 0 Å². The largest absolute Gasteiger partial charge is 0.481 e. The maximum absolute atomic E-state index is 12.5. The molecule has 4 unspecified atom stereocenters. The second-order valence-corrected chi connectivity index (χ2v) is 6.80. The van der Waals surface area contributed by atoms with Gasteiger partial charge in [0.1, 0.15) is 5.75 Å². The molecule has 2 aliphatic heterocycles. The zero-order chi connectivity index (χ0) is 14.2. The van der Waals surface area contributed by atoms with Crippen LogP contribution in [-0.4, -0.2) is 35.8 Å². The fraction of sp³-hybridized carbons (Fsp3) is 0.529. The summed E-state index contributed by atoms with van der Waals surface area (Å²) < 4.78 is 6.10. The van der Waals surface area contributed by atoms with Crippen LogP contribution in [0.3, 0.4) is 0 Å². The normalized spacial score (nSPS) is 38.8. The van der Waals surface area contributed by atoms with Crippen molar-refractivity contribution in [3.63, 3.8) is 0 Å². The fourth-order valence-electron chi connectivity index (χ4n) is 5.46. The van der Waals surface area contributed by atoms with Crippen LogP contribution in [0.1, 0.15) is 30.4 Å². The molecule has 1 saturated heterocycles. The Balaban J connectivity index is 1.79. The maximum atomic E-state index is 12.5. The fourth-order valence-corrected chi connectivity index (χ4v) is 5.46. The number of piperidine rings is 1. The number of ketones is 1. The van der Waals surface area contributed by atoms with Crippen LogP contribution in [-0.2, 0) is 21.4 Å². The Hall–Kier alpha value is -1.84. The summed E-state index contributed by atoms with van der Waals surface area (Å²) in [5.41, 5.74) is 2.40. The Morgan fingerprint density at radius 3 is 3.14 bits per heavy atom. The molecule has 4 aliphatic rings. The van der Waals surface area contributed by atoms with Crippen molar-refractivity contribution in [3.05, 3.63) is 29.3 Å². The summed E-state index contributed by atoms with van der Waals surface area (Å²) in [5, 5.41) is 0. The van der Waals surface area contributed by atoms with Gasteiger partial charge in [0.05, 0.1) is 0 Å². The Bertz CT molecular complexity index is 670. The number of carbonyl (C=O) groups excluding carboxylic acids is 2. The quantitative estimate of drug-likeness (QED) is 0.733. The van der Waals surface area contributed by atoms with E-state index in [2.05, 4.69) is 6.07 Å². The average Bonchev–Trinajstić information content (AvgIpc) is 2.83. The third-order valence-electron chi connectivity index (χ3n) is 6.19. The molecule has 1 aromatic carbocycles. The number of hydrogen-bond acceptors (Lipinski definition) is 3. The van der Waals surface area contributed by atoms with Gasteiger partial charge in [-0.25, -0.2) is 0 Å². The number of rotatable bonds is 1. The number of hydrogen-bond donors (Lipinski definition) is 0. The lowest BCUT2D eigenvalue weighted by atomic mass is 9.52. The first-order valence-electron chi connectivity index (χ1n) is 7.78. The van der Waals surface area contributed by atoms with Crippen LogP contribution in [0.4, 0.5) is 0 Å². The molecule has 108 valence electrons. The van der Waals surface area contributed by atoms with Gasteiger partial charge in [-0.15, -0.1) is 0 Å². The molecule has 4 nitrogen and oxygen atoms in total. The van der Waals surface area contributed by atoms with Crippen molar-refractivity contribution in [2.24, 2.45) is 5.92 Å². The van der Waals surface area contributed by atoms with Crippen LogP contribution >= 0.6 is 0 Å². The lowest BCUT2D eigenvalue weighted by Crippen LogP contribution is -2.65. The minimum Gasteiger partial charge on any atom is -0.481 e. The van der Waals surface area contributed by atoms with E-state index >= 15 is 0 Å². The first-order chi connectivity index (χ1) is 10.3. The van der Waals surface area contributed by atoms with Gasteiger partial charge in [0, 0.05) is 30.0 Å². The van der Waals surface area contributed by atoms with E-state index in [1.165, 1.54) is 11.1 Å². The zero-order valence-electron chi connectivity index (χ0n) is 11.7. The smallest absolute Gasteiger partial charge is 0.209 e. The Morgan fingerprint density at radius 1 is 1.38 bits per heavy atom. The molecule has 2 bridgehead atoms. The summed E-state index contributed by atoms with van der Waals surface area (Å²) in [6, 6.07) is 6.38. The second kappa shape index (κ2) is 3.67. The molecule has 0 aromatic heterocycles. The zero-order valence-corrected chi connectivity index (χ0v) is 11.7. The first-order valence-corrected chi connectivity index (χ1v) is 7.78. The molecule has 1 amide bonds. The summed E-state index contributed by atoms with van der Waals surface area (Å²) in [6.07, 6.45) is 3.91. The summed E-state index contributed by atoms with van der Waals surface area (Å²) in [7, 11) is 0. The van der Waals surface area contributed by atoms with Crippen LogP contribution in [0.2, 0.25) is 0 Å². The van der Waals surface area contributed by atoms with Crippen LogP contribution in [0.5, 0.6) is 5.75 Å². The molecule has 2 heterocycles. The van der Waals surface area contributed by atoms with Gasteiger partial charge in [-0.2, -0.15) is 0 Å². The van der Waals surface area contributed by atoms with Gasteiger partial charge in [0.15, 0.2) is 11.9 Å². The molecule has 2 fully saturated rings. The molecule has 21 heavy (non-hydrogen) atoms. The van der Waals surface area contributed by atoms with Crippen molar-refractivity contribution >= 4 is 12.2 Å². The predicted octanol–water partition coefficient (Wildman–Crippen LogP) is 1.45. The van der Waals surface area contributed by atoms with Gasteiger partial charge >= 0.3 is 0 Å². The van der Waals surface area contributed by atoms with E-state index in [1.807, 2.05) is 17.0 Å². The van der Waals surface area contributed by atoms with Crippen LogP contribution in [0.25, 0.3) is 0 Å². The minimum atomic E-state index is -0.316. The summed E-state index contributed by atoms with van der Waals surface area (Å²) >= 11 is 0. The highest BCUT2D eigenvalue weighted by molar-refractivity contribution is 5.88. The van der Waals surface area contributed by atoms with E-state index < -0.39 is 0 Å². The molecular formula is C17H17NO3. The lowest BCUT2D eigenvalue weighted by Gasteiger charge is -2.56. The SMILES string of the molecule is O=CN1CCC23c4c5cccc4OC2C(=O)CCC3C1C5.